The van der Waals surface area contributed by atoms with Gasteiger partial charge in [-0.15, -0.1) is 0 Å². The summed E-state index contributed by atoms with van der Waals surface area (Å²) >= 11 is 0. The maximum atomic E-state index is 13.7. The van der Waals surface area contributed by atoms with Gasteiger partial charge >= 0.3 is 6.09 Å². The van der Waals surface area contributed by atoms with Crippen molar-refractivity contribution in [3.05, 3.63) is 12.7 Å². The largest absolute Gasteiger partial charge is 0.444 e. The zero-order chi connectivity index (χ0) is 30.0. The number of alkyl carbamates (subject to hydrolysis) is 1. The molecule has 0 bridgehead atoms. The summed E-state index contributed by atoms with van der Waals surface area (Å²) in [5.74, 6) is -2.63. The van der Waals surface area contributed by atoms with Gasteiger partial charge in [-0.25, -0.2) is 13.2 Å². The number of nitrogens with one attached hydrogen (secondary N) is 3. The molecule has 1 aliphatic heterocycles. The molecule has 0 aromatic carbocycles. The van der Waals surface area contributed by atoms with Crippen molar-refractivity contribution in [3.8, 4) is 0 Å². The van der Waals surface area contributed by atoms with Crippen LogP contribution in [0.4, 0.5) is 4.79 Å². The van der Waals surface area contributed by atoms with Gasteiger partial charge in [0.05, 0.1) is 11.8 Å². The average Bonchev–Trinajstić information content (AvgIpc) is 3.77. The maximum absolute atomic E-state index is 13.7. The van der Waals surface area contributed by atoms with Crippen LogP contribution in [0.25, 0.3) is 0 Å². The second-order valence-corrected chi connectivity index (χ2v) is 13.7. The highest BCUT2D eigenvalue weighted by Crippen LogP contribution is 2.46. The Morgan fingerprint density at radius 2 is 1.82 bits per heavy atom. The highest BCUT2D eigenvalue weighted by Gasteiger charge is 2.62. The van der Waals surface area contributed by atoms with Crippen LogP contribution < -0.4 is 15.4 Å². The fourth-order valence-electron chi connectivity index (χ4n) is 4.95. The molecule has 13 nitrogen and oxygen atoms in total. The van der Waals surface area contributed by atoms with Gasteiger partial charge in [0.1, 0.15) is 23.2 Å². The number of sulfonamides is 1. The van der Waals surface area contributed by atoms with Crippen molar-refractivity contribution < 1.29 is 37.1 Å². The molecule has 0 unspecified atom stereocenters. The van der Waals surface area contributed by atoms with Gasteiger partial charge in [-0.05, 0) is 64.9 Å². The molecule has 224 valence electrons. The lowest BCUT2D eigenvalue weighted by molar-refractivity contribution is -0.141. The number of nitrogens with zero attached hydrogens (tertiary/aromatic N) is 2. The van der Waals surface area contributed by atoms with Crippen molar-refractivity contribution in [2.24, 2.45) is 5.92 Å². The highest BCUT2D eigenvalue weighted by atomic mass is 32.2. The Kier molecular flexibility index (Phi) is 9.22. The lowest BCUT2D eigenvalue weighted by Crippen LogP contribution is -2.60. The van der Waals surface area contributed by atoms with E-state index in [9.17, 15) is 32.4 Å². The molecule has 4 atom stereocenters. The summed E-state index contributed by atoms with van der Waals surface area (Å²) in [6.07, 6.45) is 2.85. The number of rotatable bonds is 11. The molecule has 14 heteroatoms. The number of hydrogen-bond donors (Lipinski definition) is 3. The van der Waals surface area contributed by atoms with Gasteiger partial charge < -0.3 is 25.2 Å². The molecular weight excluding hydrogens is 542 g/mol. The summed E-state index contributed by atoms with van der Waals surface area (Å²) in [7, 11) is -2.35. The van der Waals surface area contributed by atoms with E-state index >= 15 is 0 Å². The fourth-order valence-corrected chi connectivity index (χ4v) is 6.32. The quantitative estimate of drug-likeness (QED) is 0.294. The van der Waals surface area contributed by atoms with Gasteiger partial charge in [-0.1, -0.05) is 19.9 Å². The van der Waals surface area contributed by atoms with E-state index in [1.54, 1.807) is 20.8 Å². The molecule has 1 saturated heterocycles. The summed E-state index contributed by atoms with van der Waals surface area (Å²) < 4.78 is 32.2. The first-order valence-electron chi connectivity index (χ1n) is 13.6. The Labute approximate surface area is 235 Å². The predicted octanol–water partition coefficient (Wildman–Crippen LogP) is 0.408. The topological polar surface area (TPSA) is 171 Å². The Morgan fingerprint density at radius 1 is 1.18 bits per heavy atom. The predicted molar refractivity (Wildman–Crippen MR) is 145 cm³/mol. The van der Waals surface area contributed by atoms with Crippen molar-refractivity contribution in [1.82, 2.24) is 25.2 Å². The molecule has 3 aliphatic rings. The van der Waals surface area contributed by atoms with Gasteiger partial charge in [0.25, 0.3) is 5.91 Å². The minimum Gasteiger partial charge on any atom is -0.444 e. The lowest BCUT2D eigenvalue weighted by Gasteiger charge is -2.32. The number of hydrogen-bond acceptors (Lipinski definition) is 8. The minimum absolute atomic E-state index is 0.197. The van der Waals surface area contributed by atoms with Crippen LogP contribution in [0.3, 0.4) is 0 Å². The number of carbonyl (C=O) groups is 5. The van der Waals surface area contributed by atoms with Crippen LogP contribution in [-0.4, -0.2) is 96.6 Å². The SMILES string of the molecule is C=CC(=O)N(C)C[C@H](NC(=O)OC(C)(C)C)C(=O)N1CCC[C@H]1C(=O)N[C@]1(C(=O)NS(=O)(=O)C2CC2)C[C@H]1CC. The van der Waals surface area contributed by atoms with Crippen LogP contribution in [0.2, 0.25) is 0 Å². The van der Waals surface area contributed by atoms with E-state index in [0.717, 1.165) is 6.08 Å². The molecule has 0 aromatic rings. The van der Waals surface area contributed by atoms with Gasteiger partial charge in [-0.2, -0.15) is 0 Å². The Bertz CT molecular complexity index is 1160. The first-order chi connectivity index (χ1) is 18.5. The molecule has 5 amide bonds. The normalized spacial score (nSPS) is 24.9. The van der Waals surface area contributed by atoms with E-state index in [1.807, 2.05) is 6.92 Å². The molecule has 3 N–H and O–H groups in total. The smallest absolute Gasteiger partial charge is 0.408 e. The number of likely N-dealkylation sites (tertiary alicyclic amines) is 1. The first kappa shape index (κ1) is 31.4. The number of ether oxygens (including phenoxy) is 1. The second kappa shape index (κ2) is 11.8. The second-order valence-electron chi connectivity index (χ2n) is 11.8. The fraction of sp³-hybridized carbons (Fsp3) is 0.731. The van der Waals surface area contributed by atoms with Gasteiger partial charge in [0.15, 0.2) is 0 Å². The molecule has 0 aromatic heterocycles. The summed E-state index contributed by atoms with van der Waals surface area (Å²) in [4.78, 5) is 67.4. The van der Waals surface area contributed by atoms with Gasteiger partial charge in [0.2, 0.25) is 27.7 Å². The summed E-state index contributed by atoms with van der Waals surface area (Å²) in [6.45, 7) is 10.3. The molecule has 0 spiro atoms. The van der Waals surface area contributed by atoms with Crippen molar-refractivity contribution in [3.63, 3.8) is 0 Å². The van der Waals surface area contributed by atoms with Crippen LogP contribution in [0.5, 0.6) is 0 Å². The Balaban J connectivity index is 1.76. The lowest BCUT2D eigenvalue weighted by atomic mass is 10.1. The Morgan fingerprint density at radius 3 is 2.35 bits per heavy atom. The van der Waals surface area contributed by atoms with Crippen LogP contribution in [0.1, 0.15) is 66.2 Å². The third kappa shape index (κ3) is 7.32. The molecule has 2 aliphatic carbocycles. The summed E-state index contributed by atoms with van der Waals surface area (Å²) in [5.41, 5.74) is -2.20. The van der Waals surface area contributed by atoms with Crippen LogP contribution in [0, 0.1) is 5.92 Å². The zero-order valence-electron chi connectivity index (χ0n) is 23.8. The maximum Gasteiger partial charge on any atom is 0.408 e. The summed E-state index contributed by atoms with van der Waals surface area (Å²) in [6, 6.07) is -2.17. The third-order valence-electron chi connectivity index (χ3n) is 7.38. The van der Waals surface area contributed by atoms with E-state index < -0.39 is 68.2 Å². The molecule has 2 saturated carbocycles. The van der Waals surface area contributed by atoms with Crippen molar-refractivity contribution in [2.75, 3.05) is 20.1 Å². The monoisotopic (exact) mass is 583 g/mol. The van der Waals surface area contributed by atoms with Crippen molar-refractivity contribution in [1.29, 1.82) is 0 Å². The van der Waals surface area contributed by atoms with E-state index in [2.05, 4.69) is 21.9 Å². The highest BCUT2D eigenvalue weighted by molar-refractivity contribution is 7.91. The molecule has 1 heterocycles. The van der Waals surface area contributed by atoms with Crippen molar-refractivity contribution >= 4 is 39.7 Å². The zero-order valence-corrected chi connectivity index (χ0v) is 24.6. The molecule has 3 fully saturated rings. The van der Waals surface area contributed by atoms with Crippen LogP contribution in [-0.2, 0) is 33.9 Å². The van der Waals surface area contributed by atoms with E-state index in [-0.39, 0.29) is 19.0 Å². The first-order valence-corrected chi connectivity index (χ1v) is 15.1. The van der Waals surface area contributed by atoms with E-state index in [4.69, 9.17) is 4.74 Å². The standard InChI is InChI=1S/C26H41N5O8S/c1-7-16-14-26(16,23(35)29-40(37,38)17-11-12-17)28-21(33)19-10-9-13-31(19)22(34)18(15-30(6)20(32)8-2)27-24(36)39-25(3,4)5/h8,16-19H,2,7,9-15H2,1,3-6H3,(H,27,36)(H,28,33)(H,29,35)/t16-,18+,19+,26-/m1/s1. The van der Waals surface area contributed by atoms with Crippen LogP contribution in [0.15, 0.2) is 12.7 Å². The number of likely N-dealkylation sites (N-methyl/N-ethyl adjacent to an activating group) is 1. The van der Waals surface area contributed by atoms with E-state index in [0.29, 0.717) is 38.5 Å². The minimum atomic E-state index is -3.80. The van der Waals surface area contributed by atoms with Gasteiger partial charge in [-0.3, -0.25) is 23.9 Å². The van der Waals surface area contributed by atoms with Gasteiger partial charge in [0, 0.05) is 13.6 Å². The Hall–Kier alpha value is -3.16. The molecule has 40 heavy (non-hydrogen) atoms. The van der Waals surface area contributed by atoms with Crippen molar-refractivity contribution in [2.45, 2.75) is 94.7 Å². The molecular formula is C26H41N5O8S. The molecule has 0 radical (unpaired) electrons. The summed E-state index contributed by atoms with van der Waals surface area (Å²) in [5, 5.41) is 4.68. The number of carbonyl (C=O) groups excluding carboxylic acids is 5. The third-order valence-corrected chi connectivity index (χ3v) is 9.20. The van der Waals surface area contributed by atoms with Crippen LogP contribution >= 0.6 is 0 Å². The average molecular weight is 584 g/mol. The molecule has 3 rings (SSSR count). The van der Waals surface area contributed by atoms with E-state index in [1.165, 1.54) is 16.8 Å². The number of amides is 5.